The Morgan fingerprint density at radius 3 is 2.79 bits per heavy atom. The highest BCUT2D eigenvalue weighted by atomic mass is 16.5. The number of ether oxygens (including phenoxy) is 1. The zero-order chi connectivity index (χ0) is 10.6. The average molecular weight is 196 g/mol. The molecule has 0 aromatic carbocycles. The zero-order valence-electron chi connectivity index (χ0n) is 9.16. The van der Waals surface area contributed by atoms with Crippen LogP contribution in [-0.2, 0) is 9.53 Å². The molecule has 1 fully saturated rings. The quantitative estimate of drug-likeness (QED) is 0.512. The normalized spacial score (nSPS) is 32.3. The van der Waals surface area contributed by atoms with Crippen LogP contribution in [0, 0.1) is 11.8 Å². The summed E-state index contributed by atoms with van der Waals surface area (Å²) in [5.41, 5.74) is 0. The summed E-state index contributed by atoms with van der Waals surface area (Å²) in [6.45, 7) is 7.85. The van der Waals surface area contributed by atoms with Crippen LogP contribution in [0.3, 0.4) is 0 Å². The maximum Gasteiger partial charge on any atom is 0.330 e. The van der Waals surface area contributed by atoms with Crippen LogP contribution in [0.25, 0.3) is 0 Å². The van der Waals surface area contributed by atoms with E-state index in [-0.39, 0.29) is 12.1 Å². The Balaban J connectivity index is 2.44. The minimum Gasteiger partial charge on any atom is -0.459 e. The number of hydrogen-bond donors (Lipinski definition) is 0. The molecule has 0 aromatic rings. The van der Waals surface area contributed by atoms with Crippen molar-refractivity contribution >= 4 is 5.97 Å². The fourth-order valence-corrected chi connectivity index (χ4v) is 2.32. The van der Waals surface area contributed by atoms with Crippen molar-refractivity contribution in [2.75, 3.05) is 0 Å². The van der Waals surface area contributed by atoms with Crippen LogP contribution in [0.1, 0.15) is 39.5 Å². The summed E-state index contributed by atoms with van der Waals surface area (Å²) in [7, 11) is 0. The summed E-state index contributed by atoms with van der Waals surface area (Å²) in [6.07, 6.45) is 5.87. The average Bonchev–Trinajstić information content (AvgIpc) is 2.16. The van der Waals surface area contributed by atoms with Gasteiger partial charge in [-0.3, -0.25) is 0 Å². The molecule has 2 nitrogen and oxygen atoms in total. The summed E-state index contributed by atoms with van der Waals surface area (Å²) >= 11 is 0. The molecular formula is C12H20O2. The molecule has 0 aliphatic heterocycles. The third-order valence-corrected chi connectivity index (χ3v) is 3.02. The van der Waals surface area contributed by atoms with Crippen molar-refractivity contribution in [3.63, 3.8) is 0 Å². The molecule has 80 valence electrons. The minimum absolute atomic E-state index is 0.120. The third-order valence-electron chi connectivity index (χ3n) is 3.02. The molecule has 3 unspecified atom stereocenters. The highest BCUT2D eigenvalue weighted by Crippen LogP contribution is 2.32. The highest BCUT2D eigenvalue weighted by molar-refractivity contribution is 5.81. The van der Waals surface area contributed by atoms with Crippen molar-refractivity contribution in [2.24, 2.45) is 11.8 Å². The topological polar surface area (TPSA) is 26.3 Å². The lowest BCUT2D eigenvalue weighted by atomic mass is 9.79. The first-order valence-corrected chi connectivity index (χ1v) is 5.48. The maximum atomic E-state index is 11.0. The summed E-state index contributed by atoms with van der Waals surface area (Å²) < 4.78 is 5.29. The van der Waals surface area contributed by atoms with Gasteiger partial charge in [0.05, 0.1) is 0 Å². The van der Waals surface area contributed by atoms with Gasteiger partial charge in [-0.15, -0.1) is 0 Å². The second-order valence-corrected chi connectivity index (χ2v) is 4.35. The number of rotatable bonds is 3. The molecule has 0 heterocycles. The van der Waals surface area contributed by atoms with Gasteiger partial charge in [-0.05, 0) is 31.1 Å². The van der Waals surface area contributed by atoms with E-state index in [1.807, 2.05) is 0 Å². The second kappa shape index (κ2) is 5.18. The van der Waals surface area contributed by atoms with E-state index in [2.05, 4.69) is 20.4 Å². The van der Waals surface area contributed by atoms with Gasteiger partial charge >= 0.3 is 5.97 Å². The van der Waals surface area contributed by atoms with Crippen molar-refractivity contribution in [2.45, 2.75) is 45.6 Å². The van der Waals surface area contributed by atoms with E-state index in [0.717, 1.165) is 18.8 Å². The first-order chi connectivity index (χ1) is 6.65. The van der Waals surface area contributed by atoms with Crippen LogP contribution < -0.4 is 0 Å². The van der Waals surface area contributed by atoms with Crippen LogP contribution in [0.2, 0.25) is 0 Å². The van der Waals surface area contributed by atoms with Crippen molar-refractivity contribution < 1.29 is 9.53 Å². The Morgan fingerprint density at radius 1 is 1.50 bits per heavy atom. The van der Waals surface area contributed by atoms with Gasteiger partial charge in [-0.1, -0.05) is 26.8 Å². The van der Waals surface area contributed by atoms with Crippen LogP contribution in [0.5, 0.6) is 0 Å². The summed E-state index contributed by atoms with van der Waals surface area (Å²) in [6, 6.07) is 0. The van der Waals surface area contributed by atoms with E-state index in [9.17, 15) is 4.79 Å². The largest absolute Gasteiger partial charge is 0.459 e. The molecule has 1 aliphatic carbocycles. The number of carbonyl (C=O) groups excluding carboxylic acids is 1. The summed E-state index contributed by atoms with van der Waals surface area (Å²) in [4.78, 5) is 11.0. The monoisotopic (exact) mass is 196 g/mol. The zero-order valence-corrected chi connectivity index (χ0v) is 9.16. The smallest absolute Gasteiger partial charge is 0.330 e. The van der Waals surface area contributed by atoms with Crippen molar-refractivity contribution in [3.05, 3.63) is 12.7 Å². The Kier molecular flexibility index (Phi) is 4.18. The third kappa shape index (κ3) is 3.17. The first-order valence-electron chi connectivity index (χ1n) is 5.48. The standard InChI is InChI=1S/C12H20O2/c1-4-10-6-9(3)7-11(8-10)14-12(13)5-2/h5,9-11H,2,4,6-8H2,1,3H3. The lowest BCUT2D eigenvalue weighted by Crippen LogP contribution is -2.28. The van der Waals surface area contributed by atoms with Crippen LogP contribution in [0.15, 0.2) is 12.7 Å². The van der Waals surface area contributed by atoms with Gasteiger partial charge in [0.2, 0.25) is 0 Å². The molecule has 1 aliphatic rings. The minimum atomic E-state index is -0.279. The van der Waals surface area contributed by atoms with E-state index in [1.54, 1.807) is 0 Å². The van der Waals surface area contributed by atoms with Crippen LogP contribution in [0.4, 0.5) is 0 Å². The molecule has 2 heteroatoms. The van der Waals surface area contributed by atoms with Crippen LogP contribution >= 0.6 is 0 Å². The van der Waals surface area contributed by atoms with Gasteiger partial charge in [-0.25, -0.2) is 4.79 Å². The van der Waals surface area contributed by atoms with Crippen molar-refractivity contribution in [3.8, 4) is 0 Å². The summed E-state index contributed by atoms with van der Waals surface area (Å²) in [5, 5.41) is 0. The predicted octanol–water partition coefficient (Wildman–Crippen LogP) is 2.93. The molecule has 1 saturated carbocycles. The predicted molar refractivity (Wildman–Crippen MR) is 56.9 cm³/mol. The highest BCUT2D eigenvalue weighted by Gasteiger charge is 2.27. The second-order valence-electron chi connectivity index (χ2n) is 4.35. The fourth-order valence-electron chi connectivity index (χ4n) is 2.32. The van der Waals surface area contributed by atoms with E-state index in [0.29, 0.717) is 5.92 Å². The molecule has 0 spiro atoms. The van der Waals surface area contributed by atoms with E-state index < -0.39 is 0 Å². The number of hydrogen-bond acceptors (Lipinski definition) is 2. The molecule has 0 bridgehead atoms. The van der Waals surface area contributed by atoms with Gasteiger partial charge in [0.15, 0.2) is 0 Å². The summed E-state index contributed by atoms with van der Waals surface area (Å²) in [5.74, 6) is 1.12. The number of esters is 1. The molecule has 0 amide bonds. The lowest BCUT2D eigenvalue weighted by Gasteiger charge is -2.32. The van der Waals surface area contributed by atoms with E-state index >= 15 is 0 Å². The van der Waals surface area contributed by atoms with E-state index in [4.69, 9.17) is 4.74 Å². The molecule has 0 saturated heterocycles. The maximum absolute atomic E-state index is 11.0. The molecule has 0 radical (unpaired) electrons. The Morgan fingerprint density at radius 2 is 2.21 bits per heavy atom. The van der Waals surface area contributed by atoms with Gasteiger partial charge in [0, 0.05) is 6.08 Å². The Hall–Kier alpha value is -0.790. The van der Waals surface area contributed by atoms with Crippen molar-refractivity contribution in [1.29, 1.82) is 0 Å². The van der Waals surface area contributed by atoms with Crippen molar-refractivity contribution in [1.82, 2.24) is 0 Å². The van der Waals surface area contributed by atoms with Gasteiger partial charge in [0.1, 0.15) is 6.10 Å². The van der Waals surface area contributed by atoms with Gasteiger partial charge < -0.3 is 4.74 Å². The fraction of sp³-hybridized carbons (Fsp3) is 0.750. The van der Waals surface area contributed by atoms with E-state index in [1.165, 1.54) is 18.9 Å². The Labute approximate surface area is 86.3 Å². The van der Waals surface area contributed by atoms with Gasteiger partial charge in [-0.2, -0.15) is 0 Å². The molecule has 0 N–H and O–H groups in total. The number of carbonyl (C=O) groups is 1. The SMILES string of the molecule is C=CC(=O)OC1CC(C)CC(CC)C1. The molecule has 0 aromatic heterocycles. The molecule has 3 atom stereocenters. The molecular weight excluding hydrogens is 176 g/mol. The lowest BCUT2D eigenvalue weighted by molar-refractivity contribution is -0.146. The van der Waals surface area contributed by atoms with Gasteiger partial charge in [0.25, 0.3) is 0 Å². The van der Waals surface area contributed by atoms with Crippen LogP contribution in [-0.4, -0.2) is 12.1 Å². The first kappa shape index (κ1) is 11.3. The Bertz CT molecular complexity index is 210. The molecule has 14 heavy (non-hydrogen) atoms. The molecule has 1 rings (SSSR count).